The second kappa shape index (κ2) is 6.98. The first kappa shape index (κ1) is 17.0. The molecular formula is C15H12ClF2N5O2. The Kier molecular flexibility index (Phi) is 4.75. The number of halogens is 3. The number of imidazole rings is 1. The number of carbonyl (C=O) groups excluding carboxylic acids is 1. The topological polar surface area (TPSA) is 95.9 Å². The summed E-state index contributed by atoms with van der Waals surface area (Å²) < 4.78 is 33.0. The molecule has 0 bridgehead atoms. The molecule has 0 radical (unpaired) electrons. The summed E-state index contributed by atoms with van der Waals surface area (Å²) >= 11 is 5.72. The molecular weight excluding hydrogens is 356 g/mol. The van der Waals surface area contributed by atoms with Gasteiger partial charge in [-0.3, -0.25) is 0 Å². The Morgan fingerprint density at radius 3 is 2.80 bits per heavy atom. The van der Waals surface area contributed by atoms with E-state index in [1.165, 1.54) is 6.33 Å². The SMILES string of the molecule is Nc1ncnc2c1ncn2CCCOC(=O)c1cc(F)c(F)cc1Cl. The number of anilines is 1. The van der Waals surface area contributed by atoms with Crippen LogP contribution in [0.4, 0.5) is 14.6 Å². The van der Waals surface area contributed by atoms with Crippen LogP contribution in [0.1, 0.15) is 16.8 Å². The third kappa shape index (κ3) is 3.50. The number of fused-ring (bicyclic) bond motifs is 1. The van der Waals surface area contributed by atoms with Crippen molar-refractivity contribution in [2.45, 2.75) is 13.0 Å². The molecule has 130 valence electrons. The molecule has 0 amide bonds. The van der Waals surface area contributed by atoms with Crippen molar-refractivity contribution in [3.05, 3.63) is 47.0 Å². The Bertz CT molecular complexity index is 947. The van der Waals surface area contributed by atoms with E-state index in [4.69, 9.17) is 22.1 Å². The molecule has 0 atom stereocenters. The van der Waals surface area contributed by atoms with Gasteiger partial charge in [0.15, 0.2) is 23.1 Å². The predicted molar refractivity (Wildman–Crippen MR) is 86.0 cm³/mol. The summed E-state index contributed by atoms with van der Waals surface area (Å²) in [6, 6.07) is 1.44. The lowest BCUT2D eigenvalue weighted by molar-refractivity contribution is 0.0496. The third-order valence-corrected chi connectivity index (χ3v) is 3.75. The molecule has 25 heavy (non-hydrogen) atoms. The van der Waals surface area contributed by atoms with Crippen LogP contribution in [0.15, 0.2) is 24.8 Å². The Balaban J connectivity index is 1.59. The van der Waals surface area contributed by atoms with Crippen molar-refractivity contribution in [1.82, 2.24) is 19.5 Å². The largest absolute Gasteiger partial charge is 0.462 e. The van der Waals surface area contributed by atoms with E-state index >= 15 is 0 Å². The maximum atomic E-state index is 13.2. The number of ether oxygens (including phenoxy) is 1. The molecule has 1 aromatic carbocycles. The first-order chi connectivity index (χ1) is 12.0. The van der Waals surface area contributed by atoms with Gasteiger partial charge in [-0.05, 0) is 18.6 Å². The standard InChI is InChI=1S/C15H12ClF2N5O2/c16-9-5-11(18)10(17)4-8(9)15(24)25-3-1-2-23-7-22-12-13(19)20-6-21-14(12)23/h4-7H,1-3H2,(H2,19,20,21). The Morgan fingerprint density at radius 1 is 1.24 bits per heavy atom. The minimum atomic E-state index is -1.17. The van der Waals surface area contributed by atoms with Gasteiger partial charge in [0.05, 0.1) is 23.5 Å². The van der Waals surface area contributed by atoms with E-state index in [0.29, 0.717) is 30.2 Å². The fourth-order valence-electron chi connectivity index (χ4n) is 2.22. The molecule has 0 aliphatic rings. The lowest BCUT2D eigenvalue weighted by atomic mass is 10.2. The quantitative estimate of drug-likeness (QED) is 0.423. The lowest BCUT2D eigenvalue weighted by Gasteiger charge is -2.07. The summed E-state index contributed by atoms with van der Waals surface area (Å²) in [6.07, 6.45) is 3.34. The average Bonchev–Trinajstić information content (AvgIpc) is 2.99. The summed E-state index contributed by atoms with van der Waals surface area (Å²) in [5.74, 6) is -2.84. The molecule has 0 saturated carbocycles. The number of aromatic nitrogens is 4. The Morgan fingerprint density at radius 2 is 2.00 bits per heavy atom. The summed E-state index contributed by atoms with van der Waals surface area (Å²) in [6.45, 7) is 0.514. The van der Waals surface area contributed by atoms with E-state index in [0.717, 1.165) is 6.07 Å². The van der Waals surface area contributed by atoms with Gasteiger partial charge in [0.1, 0.15) is 11.8 Å². The van der Waals surface area contributed by atoms with Crippen LogP contribution in [0.5, 0.6) is 0 Å². The average molecular weight is 368 g/mol. The van der Waals surface area contributed by atoms with Gasteiger partial charge in [-0.2, -0.15) is 0 Å². The van der Waals surface area contributed by atoms with E-state index in [9.17, 15) is 13.6 Å². The molecule has 2 N–H and O–H groups in total. The van der Waals surface area contributed by atoms with Crippen LogP contribution in [0.25, 0.3) is 11.2 Å². The molecule has 0 fully saturated rings. The van der Waals surface area contributed by atoms with Gasteiger partial charge in [0.2, 0.25) is 0 Å². The number of aryl methyl sites for hydroxylation is 1. The summed E-state index contributed by atoms with van der Waals surface area (Å²) in [7, 11) is 0. The van der Waals surface area contributed by atoms with Crippen LogP contribution < -0.4 is 5.73 Å². The van der Waals surface area contributed by atoms with Crippen molar-refractivity contribution in [3.8, 4) is 0 Å². The minimum Gasteiger partial charge on any atom is -0.462 e. The highest BCUT2D eigenvalue weighted by molar-refractivity contribution is 6.33. The molecule has 2 aromatic heterocycles. The monoisotopic (exact) mass is 367 g/mol. The van der Waals surface area contributed by atoms with Crippen LogP contribution in [-0.2, 0) is 11.3 Å². The molecule has 0 saturated heterocycles. The minimum absolute atomic E-state index is 0.0500. The molecule has 7 nitrogen and oxygen atoms in total. The van der Waals surface area contributed by atoms with Crippen LogP contribution >= 0.6 is 11.6 Å². The van der Waals surface area contributed by atoms with Crippen molar-refractivity contribution < 1.29 is 18.3 Å². The van der Waals surface area contributed by atoms with E-state index in [1.807, 2.05) is 0 Å². The van der Waals surface area contributed by atoms with E-state index in [1.54, 1.807) is 10.9 Å². The number of rotatable bonds is 5. The highest BCUT2D eigenvalue weighted by atomic mass is 35.5. The van der Waals surface area contributed by atoms with Crippen LogP contribution in [0.3, 0.4) is 0 Å². The maximum absolute atomic E-state index is 13.2. The molecule has 10 heteroatoms. The van der Waals surface area contributed by atoms with Crippen molar-refractivity contribution in [2.75, 3.05) is 12.3 Å². The number of nitrogens with zero attached hydrogens (tertiary/aromatic N) is 4. The number of carbonyl (C=O) groups is 1. The molecule has 2 heterocycles. The zero-order valence-corrected chi connectivity index (χ0v) is 13.5. The highest BCUT2D eigenvalue weighted by Crippen LogP contribution is 2.21. The molecule has 3 rings (SSSR count). The van der Waals surface area contributed by atoms with E-state index in [2.05, 4.69) is 15.0 Å². The third-order valence-electron chi connectivity index (χ3n) is 3.44. The Hall–Kier alpha value is -2.81. The number of benzene rings is 1. The molecule has 0 aliphatic heterocycles. The van der Waals surface area contributed by atoms with Crippen molar-refractivity contribution >= 4 is 34.6 Å². The van der Waals surface area contributed by atoms with Gasteiger partial charge in [0, 0.05) is 6.54 Å². The number of hydrogen-bond acceptors (Lipinski definition) is 6. The van der Waals surface area contributed by atoms with Crippen LogP contribution in [-0.4, -0.2) is 32.1 Å². The smallest absolute Gasteiger partial charge is 0.339 e. The highest BCUT2D eigenvalue weighted by Gasteiger charge is 2.16. The van der Waals surface area contributed by atoms with Gasteiger partial charge in [-0.25, -0.2) is 28.5 Å². The zero-order valence-electron chi connectivity index (χ0n) is 12.7. The molecule has 0 unspecified atom stereocenters. The second-order valence-electron chi connectivity index (χ2n) is 5.10. The Labute approximate surface area is 145 Å². The zero-order chi connectivity index (χ0) is 18.0. The molecule has 3 aromatic rings. The second-order valence-corrected chi connectivity index (χ2v) is 5.51. The first-order valence-corrected chi connectivity index (χ1v) is 7.58. The number of nitrogens with two attached hydrogens (primary N) is 1. The first-order valence-electron chi connectivity index (χ1n) is 7.20. The van der Waals surface area contributed by atoms with E-state index < -0.39 is 17.6 Å². The summed E-state index contributed by atoms with van der Waals surface area (Å²) in [4.78, 5) is 24.0. The predicted octanol–water partition coefficient (Wildman–Crippen LogP) is 2.59. The number of hydrogen-bond donors (Lipinski definition) is 1. The number of nitrogen functional groups attached to an aromatic ring is 1. The normalized spacial score (nSPS) is 11.0. The molecule has 0 aliphatic carbocycles. The van der Waals surface area contributed by atoms with Crippen LogP contribution in [0.2, 0.25) is 5.02 Å². The summed E-state index contributed by atoms with van der Waals surface area (Å²) in [5, 5.41) is -0.211. The van der Waals surface area contributed by atoms with Gasteiger partial charge < -0.3 is 15.0 Å². The van der Waals surface area contributed by atoms with Crippen molar-refractivity contribution in [2.24, 2.45) is 0 Å². The van der Waals surface area contributed by atoms with Crippen LogP contribution in [0, 0.1) is 11.6 Å². The van der Waals surface area contributed by atoms with Gasteiger partial charge in [0.25, 0.3) is 0 Å². The fraction of sp³-hybridized carbons (Fsp3) is 0.200. The van der Waals surface area contributed by atoms with Gasteiger partial charge in [-0.15, -0.1) is 0 Å². The maximum Gasteiger partial charge on any atom is 0.339 e. The van der Waals surface area contributed by atoms with Gasteiger partial charge >= 0.3 is 5.97 Å². The fourth-order valence-corrected chi connectivity index (χ4v) is 2.45. The number of esters is 1. The summed E-state index contributed by atoms with van der Waals surface area (Å²) in [5.41, 5.74) is 6.54. The van der Waals surface area contributed by atoms with Crippen molar-refractivity contribution in [3.63, 3.8) is 0 Å². The van der Waals surface area contributed by atoms with E-state index in [-0.39, 0.29) is 23.0 Å². The molecule has 0 spiro atoms. The van der Waals surface area contributed by atoms with Crippen molar-refractivity contribution in [1.29, 1.82) is 0 Å². The van der Waals surface area contributed by atoms with Gasteiger partial charge in [-0.1, -0.05) is 11.6 Å². The lowest BCUT2D eigenvalue weighted by Crippen LogP contribution is -2.10.